The molecule has 2 aromatic heterocycles. The number of likely N-dealkylation sites (tertiary alicyclic amines) is 1. The molecule has 34 heavy (non-hydrogen) atoms. The second-order valence-electron chi connectivity index (χ2n) is 8.78. The topological polar surface area (TPSA) is 62.7 Å². The van der Waals surface area contributed by atoms with Crippen molar-refractivity contribution >= 4 is 28.2 Å². The molecule has 178 valence electrons. The molecular formula is C27H29FN2O3S. The van der Waals surface area contributed by atoms with E-state index in [1.54, 1.807) is 18.4 Å². The number of rotatable bonds is 8. The number of thiophene rings is 1. The molecular weight excluding hydrogens is 451 g/mol. The van der Waals surface area contributed by atoms with Crippen LogP contribution in [0.4, 0.5) is 4.39 Å². The Morgan fingerprint density at radius 3 is 3.00 bits per heavy atom. The molecule has 4 rings (SSSR count). The minimum absolute atomic E-state index is 0.0777. The molecule has 1 saturated heterocycles. The zero-order valence-electron chi connectivity index (χ0n) is 19.3. The summed E-state index contributed by atoms with van der Waals surface area (Å²) in [4.78, 5) is 19.0. The summed E-state index contributed by atoms with van der Waals surface area (Å²) in [7, 11) is 1.59. The summed E-state index contributed by atoms with van der Waals surface area (Å²) in [6.45, 7) is 2.29. The van der Waals surface area contributed by atoms with Crippen molar-refractivity contribution in [3.8, 4) is 17.6 Å². The van der Waals surface area contributed by atoms with E-state index in [0.717, 1.165) is 48.1 Å². The second kappa shape index (κ2) is 11.5. The predicted molar refractivity (Wildman–Crippen MR) is 133 cm³/mol. The predicted octanol–water partition coefficient (Wildman–Crippen LogP) is 5.23. The molecule has 1 aliphatic heterocycles. The third-order valence-electron chi connectivity index (χ3n) is 6.58. The van der Waals surface area contributed by atoms with Crippen LogP contribution in [0.1, 0.15) is 36.1 Å². The van der Waals surface area contributed by atoms with E-state index in [2.05, 4.69) is 21.7 Å². The summed E-state index contributed by atoms with van der Waals surface area (Å²) in [5.74, 6) is 6.40. The van der Waals surface area contributed by atoms with Gasteiger partial charge in [0, 0.05) is 18.4 Å². The quantitative estimate of drug-likeness (QED) is 0.447. The average Bonchev–Trinajstić information content (AvgIpc) is 3.34. The third kappa shape index (κ3) is 6.13. The SMILES string of the molecule is COc1ccc2ncc(F)c(CCCC3CCN(CC#Cc4cccs4)CC3CC(=O)O)c2c1. The molecule has 0 saturated carbocycles. The van der Waals surface area contributed by atoms with Gasteiger partial charge in [0.2, 0.25) is 0 Å². The summed E-state index contributed by atoms with van der Waals surface area (Å²) >= 11 is 1.62. The van der Waals surface area contributed by atoms with E-state index < -0.39 is 5.97 Å². The summed E-state index contributed by atoms with van der Waals surface area (Å²) in [5.41, 5.74) is 1.40. The monoisotopic (exact) mass is 480 g/mol. The smallest absolute Gasteiger partial charge is 0.303 e. The van der Waals surface area contributed by atoms with Gasteiger partial charge in [0.15, 0.2) is 0 Å². The number of hydrogen-bond donors (Lipinski definition) is 1. The first kappa shape index (κ1) is 24.2. The summed E-state index contributed by atoms with van der Waals surface area (Å²) in [5, 5.41) is 12.3. The highest BCUT2D eigenvalue weighted by Gasteiger charge is 2.30. The number of piperidine rings is 1. The molecule has 3 heterocycles. The molecule has 0 amide bonds. The Morgan fingerprint density at radius 1 is 1.35 bits per heavy atom. The largest absolute Gasteiger partial charge is 0.497 e. The van der Waals surface area contributed by atoms with Crippen LogP contribution in [-0.4, -0.2) is 47.7 Å². The number of ether oxygens (including phenoxy) is 1. The lowest BCUT2D eigenvalue weighted by Crippen LogP contribution is -2.41. The van der Waals surface area contributed by atoms with E-state index in [-0.39, 0.29) is 18.2 Å². The van der Waals surface area contributed by atoms with Crippen molar-refractivity contribution in [1.29, 1.82) is 0 Å². The number of carbonyl (C=O) groups is 1. The van der Waals surface area contributed by atoms with Gasteiger partial charge in [-0.3, -0.25) is 14.7 Å². The number of aromatic nitrogens is 1. The van der Waals surface area contributed by atoms with Gasteiger partial charge in [-0.1, -0.05) is 17.9 Å². The van der Waals surface area contributed by atoms with Crippen molar-refractivity contribution < 1.29 is 19.0 Å². The van der Waals surface area contributed by atoms with Gasteiger partial charge in [-0.25, -0.2) is 4.39 Å². The first-order valence-electron chi connectivity index (χ1n) is 11.6. The minimum atomic E-state index is -0.764. The molecule has 0 radical (unpaired) electrons. The number of aliphatic carboxylic acids is 1. The third-order valence-corrected chi connectivity index (χ3v) is 7.37. The lowest BCUT2D eigenvalue weighted by atomic mass is 9.80. The fraction of sp³-hybridized carbons (Fsp3) is 0.407. The van der Waals surface area contributed by atoms with E-state index in [0.29, 0.717) is 30.2 Å². The van der Waals surface area contributed by atoms with Crippen LogP contribution in [0, 0.1) is 29.5 Å². The Hall–Kier alpha value is -2.95. The number of pyridine rings is 1. The maximum absolute atomic E-state index is 14.6. The normalized spacial score (nSPS) is 18.4. The molecule has 0 aliphatic carbocycles. The number of nitrogens with zero attached hydrogens (tertiary/aromatic N) is 2. The van der Waals surface area contributed by atoms with E-state index in [9.17, 15) is 14.3 Å². The first-order chi connectivity index (χ1) is 16.5. The van der Waals surface area contributed by atoms with Gasteiger partial charge in [-0.15, -0.1) is 11.3 Å². The van der Waals surface area contributed by atoms with Crippen molar-refractivity contribution in [2.45, 2.75) is 32.1 Å². The van der Waals surface area contributed by atoms with E-state index in [1.807, 2.05) is 35.7 Å². The molecule has 2 atom stereocenters. The maximum atomic E-state index is 14.6. The number of aryl methyl sites for hydroxylation is 1. The molecule has 3 aromatic rings. The molecule has 1 aromatic carbocycles. The van der Waals surface area contributed by atoms with Gasteiger partial charge in [0.05, 0.1) is 30.2 Å². The Kier molecular flexibility index (Phi) is 8.15. The Morgan fingerprint density at radius 2 is 2.24 bits per heavy atom. The fourth-order valence-electron chi connectivity index (χ4n) is 4.85. The molecule has 0 spiro atoms. The van der Waals surface area contributed by atoms with Crippen LogP contribution >= 0.6 is 11.3 Å². The molecule has 1 fully saturated rings. The highest BCUT2D eigenvalue weighted by molar-refractivity contribution is 7.10. The summed E-state index contributed by atoms with van der Waals surface area (Å²) in [6, 6.07) is 9.50. The number of carboxylic acids is 1. The van der Waals surface area contributed by atoms with Crippen LogP contribution in [0.5, 0.6) is 5.75 Å². The molecule has 2 unspecified atom stereocenters. The van der Waals surface area contributed by atoms with Crippen LogP contribution in [-0.2, 0) is 11.2 Å². The lowest BCUT2D eigenvalue weighted by Gasteiger charge is -2.37. The molecule has 1 aliphatic rings. The minimum Gasteiger partial charge on any atom is -0.497 e. The zero-order chi connectivity index (χ0) is 23.9. The summed E-state index contributed by atoms with van der Waals surface area (Å²) < 4.78 is 19.9. The lowest BCUT2D eigenvalue weighted by molar-refractivity contribution is -0.139. The van der Waals surface area contributed by atoms with Crippen LogP contribution in [0.2, 0.25) is 0 Å². The first-order valence-corrected chi connectivity index (χ1v) is 12.5. The highest BCUT2D eigenvalue weighted by atomic mass is 32.1. The molecule has 1 N–H and O–H groups in total. The van der Waals surface area contributed by atoms with Crippen LogP contribution in [0.3, 0.4) is 0 Å². The van der Waals surface area contributed by atoms with Crippen molar-refractivity contribution in [3.05, 3.63) is 58.2 Å². The van der Waals surface area contributed by atoms with Gasteiger partial charge in [0.1, 0.15) is 11.6 Å². The molecule has 7 heteroatoms. The maximum Gasteiger partial charge on any atom is 0.303 e. The zero-order valence-corrected chi connectivity index (χ0v) is 20.1. The Balaban J connectivity index is 1.38. The van der Waals surface area contributed by atoms with Gasteiger partial charge in [-0.2, -0.15) is 0 Å². The Labute approximate surface area is 203 Å². The number of halogens is 1. The number of hydrogen-bond acceptors (Lipinski definition) is 5. The fourth-order valence-corrected chi connectivity index (χ4v) is 5.44. The van der Waals surface area contributed by atoms with E-state index in [1.165, 1.54) is 6.20 Å². The van der Waals surface area contributed by atoms with Gasteiger partial charge in [0.25, 0.3) is 0 Å². The summed E-state index contributed by atoms with van der Waals surface area (Å²) in [6.07, 6.45) is 4.64. The number of benzene rings is 1. The Bertz CT molecular complexity index is 1190. The van der Waals surface area contributed by atoms with Crippen LogP contribution < -0.4 is 4.74 Å². The standard InChI is InChI=1S/C27H29FN2O3S/c1-33-21-9-10-26-24(16-21)23(25(28)17-29-26)8-2-5-19-11-13-30(18-20(19)15-27(31)32)12-3-6-22-7-4-14-34-22/h4,7,9-10,14,16-17,19-20H,2,5,8,11-13,15,18H2,1H3,(H,31,32). The number of carboxylic acid groups (broad SMARTS) is 1. The van der Waals surface area contributed by atoms with Crippen LogP contribution in [0.15, 0.2) is 41.9 Å². The van der Waals surface area contributed by atoms with Gasteiger partial charge >= 0.3 is 5.97 Å². The van der Waals surface area contributed by atoms with Crippen molar-refractivity contribution in [2.75, 3.05) is 26.7 Å². The van der Waals surface area contributed by atoms with E-state index in [4.69, 9.17) is 4.74 Å². The van der Waals surface area contributed by atoms with Gasteiger partial charge in [-0.05, 0) is 79.3 Å². The van der Waals surface area contributed by atoms with Crippen LogP contribution in [0.25, 0.3) is 10.9 Å². The average molecular weight is 481 g/mol. The molecule has 0 bridgehead atoms. The van der Waals surface area contributed by atoms with Gasteiger partial charge < -0.3 is 9.84 Å². The van der Waals surface area contributed by atoms with Crippen molar-refractivity contribution in [1.82, 2.24) is 9.88 Å². The number of methoxy groups -OCH3 is 1. The second-order valence-corrected chi connectivity index (χ2v) is 9.73. The van der Waals surface area contributed by atoms with Crippen molar-refractivity contribution in [3.63, 3.8) is 0 Å². The molecule has 5 nitrogen and oxygen atoms in total. The highest BCUT2D eigenvalue weighted by Crippen LogP contribution is 2.32. The number of fused-ring (bicyclic) bond motifs is 1. The van der Waals surface area contributed by atoms with Crippen molar-refractivity contribution in [2.24, 2.45) is 11.8 Å². The van der Waals surface area contributed by atoms with E-state index >= 15 is 0 Å².